The fourth-order valence-corrected chi connectivity index (χ4v) is 2.40. The van der Waals surface area contributed by atoms with Gasteiger partial charge in [0, 0.05) is 12.4 Å². The maximum Gasteiger partial charge on any atom is 0.336 e. The molecule has 114 valence electrons. The summed E-state index contributed by atoms with van der Waals surface area (Å²) in [5, 5.41) is 9.19. The Morgan fingerprint density at radius 3 is 2.91 bits per heavy atom. The minimum atomic E-state index is -0.904. The Bertz CT molecular complexity index is 665. The van der Waals surface area contributed by atoms with E-state index < -0.39 is 5.97 Å². The lowest BCUT2D eigenvalue weighted by Crippen LogP contribution is -2.04. The van der Waals surface area contributed by atoms with Crippen LogP contribution >= 0.6 is 0 Å². The van der Waals surface area contributed by atoms with E-state index in [4.69, 9.17) is 4.74 Å². The van der Waals surface area contributed by atoms with Crippen LogP contribution in [0.1, 0.15) is 34.3 Å². The number of pyridine rings is 1. The van der Waals surface area contributed by atoms with Crippen molar-refractivity contribution in [2.45, 2.75) is 25.7 Å². The SMILES string of the molecule is O=C(O)c1ccncc1CCc1cccc(OCC2CC2)c1. The van der Waals surface area contributed by atoms with Crippen molar-refractivity contribution in [1.82, 2.24) is 4.98 Å². The lowest BCUT2D eigenvalue weighted by atomic mass is 10.0. The molecule has 4 nitrogen and oxygen atoms in total. The highest BCUT2D eigenvalue weighted by molar-refractivity contribution is 5.89. The molecule has 3 rings (SSSR count). The van der Waals surface area contributed by atoms with Crippen molar-refractivity contribution < 1.29 is 14.6 Å². The molecule has 0 saturated heterocycles. The van der Waals surface area contributed by atoms with E-state index in [1.807, 2.05) is 24.3 Å². The molecule has 22 heavy (non-hydrogen) atoms. The van der Waals surface area contributed by atoms with E-state index in [0.717, 1.165) is 35.8 Å². The monoisotopic (exact) mass is 297 g/mol. The van der Waals surface area contributed by atoms with Gasteiger partial charge >= 0.3 is 5.97 Å². The number of aromatic carboxylic acids is 1. The van der Waals surface area contributed by atoms with E-state index in [-0.39, 0.29) is 0 Å². The van der Waals surface area contributed by atoms with Crippen LogP contribution in [0.15, 0.2) is 42.7 Å². The van der Waals surface area contributed by atoms with Crippen LogP contribution in [0.25, 0.3) is 0 Å². The average Bonchev–Trinajstić information content (AvgIpc) is 3.36. The van der Waals surface area contributed by atoms with E-state index in [1.54, 1.807) is 12.3 Å². The summed E-state index contributed by atoms with van der Waals surface area (Å²) in [6.07, 6.45) is 7.13. The highest BCUT2D eigenvalue weighted by Gasteiger charge is 2.21. The minimum absolute atomic E-state index is 0.330. The van der Waals surface area contributed by atoms with Gasteiger partial charge in [-0.1, -0.05) is 12.1 Å². The van der Waals surface area contributed by atoms with E-state index >= 15 is 0 Å². The summed E-state index contributed by atoms with van der Waals surface area (Å²) >= 11 is 0. The quantitative estimate of drug-likeness (QED) is 0.851. The first-order valence-corrected chi connectivity index (χ1v) is 7.60. The largest absolute Gasteiger partial charge is 0.493 e. The molecule has 2 aromatic rings. The molecule has 4 heteroatoms. The Balaban J connectivity index is 1.63. The molecule has 1 aliphatic rings. The lowest BCUT2D eigenvalue weighted by Gasteiger charge is -2.08. The first-order chi connectivity index (χ1) is 10.7. The van der Waals surface area contributed by atoms with Gasteiger partial charge in [0.2, 0.25) is 0 Å². The number of aromatic nitrogens is 1. The van der Waals surface area contributed by atoms with Crippen molar-refractivity contribution in [1.29, 1.82) is 0 Å². The minimum Gasteiger partial charge on any atom is -0.493 e. The molecule has 1 heterocycles. The molecule has 1 aliphatic carbocycles. The van der Waals surface area contributed by atoms with Crippen molar-refractivity contribution in [2.24, 2.45) is 5.92 Å². The molecule has 0 radical (unpaired) electrons. The summed E-state index contributed by atoms with van der Waals surface area (Å²) in [5.74, 6) is 0.727. The van der Waals surface area contributed by atoms with Crippen LogP contribution in [0.3, 0.4) is 0 Å². The molecule has 1 aromatic carbocycles. The molecule has 1 saturated carbocycles. The maximum absolute atomic E-state index is 11.2. The second kappa shape index (κ2) is 6.60. The zero-order valence-electron chi connectivity index (χ0n) is 12.4. The zero-order valence-corrected chi connectivity index (χ0v) is 12.4. The number of nitrogens with zero attached hydrogens (tertiary/aromatic N) is 1. The van der Waals surface area contributed by atoms with E-state index in [0.29, 0.717) is 12.0 Å². The topological polar surface area (TPSA) is 59.4 Å². The van der Waals surface area contributed by atoms with Crippen molar-refractivity contribution in [3.8, 4) is 5.75 Å². The second-order valence-electron chi connectivity index (χ2n) is 5.74. The van der Waals surface area contributed by atoms with Crippen LogP contribution < -0.4 is 4.74 Å². The normalized spacial score (nSPS) is 13.8. The number of carbonyl (C=O) groups is 1. The van der Waals surface area contributed by atoms with Crippen LogP contribution in [-0.4, -0.2) is 22.7 Å². The van der Waals surface area contributed by atoms with E-state index in [9.17, 15) is 9.90 Å². The number of hydrogen-bond acceptors (Lipinski definition) is 3. The van der Waals surface area contributed by atoms with Crippen molar-refractivity contribution in [3.05, 3.63) is 59.4 Å². The second-order valence-corrected chi connectivity index (χ2v) is 5.74. The molecular weight excluding hydrogens is 278 g/mol. The molecule has 0 aliphatic heterocycles. The fraction of sp³-hybridized carbons (Fsp3) is 0.333. The zero-order chi connectivity index (χ0) is 15.4. The first kappa shape index (κ1) is 14.6. The number of benzene rings is 1. The number of aryl methyl sites for hydroxylation is 2. The van der Waals surface area contributed by atoms with Gasteiger partial charge in [0.15, 0.2) is 0 Å². The van der Waals surface area contributed by atoms with Crippen LogP contribution in [-0.2, 0) is 12.8 Å². The van der Waals surface area contributed by atoms with Gasteiger partial charge in [-0.05, 0) is 60.9 Å². The molecule has 0 atom stereocenters. The summed E-state index contributed by atoms with van der Waals surface area (Å²) in [4.78, 5) is 15.2. The highest BCUT2D eigenvalue weighted by Crippen LogP contribution is 2.29. The molecule has 0 amide bonds. The Labute approximate surface area is 129 Å². The lowest BCUT2D eigenvalue weighted by molar-refractivity contribution is 0.0695. The van der Waals surface area contributed by atoms with Gasteiger partial charge in [-0.15, -0.1) is 0 Å². The standard InChI is InChI=1S/C18H19NO3/c20-18(21)17-8-9-19-11-15(17)7-6-13-2-1-3-16(10-13)22-12-14-4-5-14/h1-3,8-11,14H,4-7,12H2,(H,20,21). The fourth-order valence-electron chi connectivity index (χ4n) is 2.40. The number of carboxylic acids is 1. The molecule has 1 N–H and O–H groups in total. The number of rotatable bonds is 7. The smallest absolute Gasteiger partial charge is 0.336 e. The summed E-state index contributed by atoms with van der Waals surface area (Å²) in [6.45, 7) is 0.801. The van der Waals surface area contributed by atoms with Gasteiger partial charge in [0.1, 0.15) is 5.75 Å². The van der Waals surface area contributed by atoms with Gasteiger partial charge in [0.05, 0.1) is 12.2 Å². The van der Waals surface area contributed by atoms with E-state index in [1.165, 1.54) is 19.0 Å². The Hall–Kier alpha value is -2.36. The maximum atomic E-state index is 11.2. The van der Waals surface area contributed by atoms with Gasteiger partial charge in [0.25, 0.3) is 0 Å². The highest BCUT2D eigenvalue weighted by atomic mass is 16.5. The third kappa shape index (κ3) is 3.85. The van der Waals surface area contributed by atoms with Crippen LogP contribution in [0.5, 0.6) is 5.75 Å². The van der Waals surface area contributed by atoms with Gasteiger partial charge in [-0.25, -0.2) is 4.79 Å². The van der Waals surface area contributed by atoms with E-state index in [2.05, 4.69) is 4.98 Å². The van der Waals surface area contributed by atoms with Gasteiger partial charge in [-0.2, -0.15) is 0 Å². The van der Waals surface area contributed by atoms with Crippen LogP contribution in [0.2, 0.25) is 0 Å². The van der Waals surface area contributed by atoms with Crippen LogP contribution in [0.4, 0.5) is 0 Å². The van der Waals surface area contributed by atoms with Crippen molar-refractivity contribution in [3.63, 3.8) is 0 Å². The number of carboxylic acid groups (broad SMARTS) is 1. The van der Waals surface area contributed by atoms with Gasteiger partial charge in [-0.3, -0.25) is 4.98 Å². The summed E-state index contributed by atoms with van der Waals surface area (Å²) in [6, 6.07) is 9.59. The molecule has 0 bridgehead atoms. The first-order valence-electron chi connectivity index (χ1n) is 7.60. The molecular formula is C18H19NO3. The van der Waals surface area contributed by atoms with Crippen LogP contribution in [0, 0.1) is 5.92 Å². The summed E-state index contributed by atoms with van der Waals surface area (Å²) in [7, 11) is 0. The Kier molecular flexibility index (Phi) is 4.37. The Morgan fingerprint density at radius 2 is 2.14 bits per heavy atom. The van der Waals surface area contributed by atoms with Crippen molar-refractivity contribution >= 4 is 5.97 Å². The molecule has 0 unspecified atom stereocenters. The van der Waals surface area contributed by atoms with Gasteiger partial charge < -0.3 is 9.84 Å². The Morgan fingerprint density at radius 1 is 1.27 bits per heavy atom. The third-order valence-electron chi connectivity index (χ3n) is 3.90. The summed E-state index contributed by atoms with van der Waals surface area (Å²) < 4.78 is 5.78. The third-order valence-corrected chi connectivity index (χ3v) is 3.90. The molecule has 1 fully saturated rings. The molecule has 0 spiro atoms. The van der Waals surface area contributed by atoms with Crippen molar-refractivity contribution in [2.75, 3.05) is 6.61 Å². The predicted octanol–water partition coefficient (Wildman–Crippen LogP) is 3.35. The molecule has 1 aromatic heterocycles. The number of ether oxygens (including phenoxy) is 1. The predicted molar refractivity (Wildman–Crippen MR) is 83.3 cm³/mol. The number of hydrogen-bond donors (Lipinski definition) is 1. The summed E-state index contributed by atoms with van der Waals surface area (Å²) in [5.41, 5.74) is 2.24. The average molecular weight is 297 g/mol.